The van der Waals surface area contributed by atoms with Crippen LogP contribution < -0.4 is 10.6 Å². The molecule has 1 heterocycles. The van der Waals surface area contributed by atoms with Gasteiger partial charge < -0.3 is 15.5 Å². The number of nitrogens with zero attached hydrogens (tertiary/aromatic N) is 2. The molecule has 0 saturated carbocycles. The molecule has 20 heavy (non-hydrogen) atoms. The van der Waals surface area contributed by atoms with Crippen LogP contribution in [0.2, 0.25) is 0 Å². The summed E-state index contributed by atoms with van der Waals surface area (Å²) in [6.45, 7) is 6.70. The highest BCUT2D eigenvalue weighted by atomic mass is 79.9. The monoisotopic (exact) mass is 339 g/mol. The van der Waals surface area contributed by atoms with Crippen LogP contribution in [-0.4, -0.2) is 44.2 Å². The minimum Gasteiger partial charge on any atom is -0.369 e. The van der Waals surface area contributed by atoms with Crippen LogP contribution in [0.1, 0.15) is 25.3 Å². The molecule has 1 atom stereocenters. The van der Waals surface area contributed by atoms with Gasteiger partial charge in [0.25, 0.3) is 0 Å². The van der Waals surface area contributed by atoms with Crippen molar-refractivity contribution in [2.24, 2.45) is 5.73 Å². The van der Waals surface area contributed by atoms with E-state index >= 15 is 0 Å². The van der Waals surface area contributed by atoms with Crippen molar-refractivity contribution in [2.75, 3.05) is 38.1 Å². The first kappa shape index (κ1) is 15.8. The van der Waals surface area contributed by atoms with Crippen LogP contribution in [0, 0.1) is 0 Å². The van der Waals surface area contributed by atoms with E-state index in [0.29, 0.717) is 0 Å². The second-order valence-corrected chi connectivity index (χ2v) is 6.66. The van der Waals surface area contributed by atoms with Crippen LogP contribution in [0.4, 0.5) is 5.69 Å². The third kappa shape index (κ3) is 4.21. The van der Waals surface area contributed by atoms with Gasteiger partial charge in [-0.3, -0.25) is 0 Å². The summed E-state index contributed by atoms with van der Waals surface area (Å²) in [7, 11) is 2.20. The zero-order valence-electron chi connectivity index (χ0n) is 12.6. The molecule has 112 valence electrons. The zero-order valence-corrected chi connectivity index (χ0v) is 14.2. The summed E-state index contributed by atoms with van der Waals surface area (Å²) in [5.74, 6) is 0. The standard InChI is InChI=1S/C16H26BrN3/c1-3-14(18)11-13-5-6-16(15(17)12-13)20-8-4-7-19(2)9-10-20/h5-6,12,14H,3-4,7-11,18H2,1-2H3. The van der Waals surface area contributed by atoms with Gasteiger partial charge in [-0.2, -0.15) is 0 Å². The van der Waals surface area contributed by atoms with E-state index in [0.717, 1.165) is 32.5 Å². The average Bonchev–Trinajstić information content (AvgIpc) is 2.64. The smallest absolute Gasteiger partial charge is 0.0511 e. The van der Waals surface area contributed by atoms with Crippen LogP contribution in [-0.2, 0) is 6.42 Å². The molecule has 2 rings (SSSR count). The van der Waals surface area contributed by atoms with E-state index < -0.39 is 0 Å². The summed E-state index contributed by atoms with van der Waals surface area (Å²) >= 11 is 3.74. The molecule has 0 bridgehead atoms. The topological polar surface area (TPSA) is 32.5 Å². The lowest BCUT2D eigenvalue weighted by Gasteiger charge is -2.24. The van der Waals surface area contributed by atoms with Gasteiger partial charge in [0.05, 0.1) is 5.69 Å². The Balaban J connectivity index is 2.08. The predicted octanol–water partition coefficient (Wildman–Crippen LogP) is 2.87. The highest BCUT2D eigenvalue weighted by Gasteiger charge is 2.15. The van der Waals surface area contributed by atoms with Crippen molar-refractivity contribution in [3.05, 3.63) is 28.2 Å². The zero-order chi connectivity index (χ0) is 14.5. The molecule has 0 radical (unpaired) electrons. The Morgan fingerprint density at radius 2 is 2.05 bits per heavy atom. The second kappa shape index (κ2) is 7.43. The van der Waals surface area contributed by atoms with Crippen molar-refractivity contribution in [1.82, 2.24) is 4.90 Å². The maximum absolute atomic E-state index is 6.04. The van der Waals surface area contributed by atoms with E-state index in [4.69, 9.17) is 5.73 Å². The van der Waals surface area contributed by atoms with E-state index in [1.165, 1.54) is 28.7 Å². The Kier molecular flexibility index (Phi) is 5.87. The molecule has 0 amide bonds. The lowest BCUT2D eigenvalue weighted by molar-refractivity contribution is 0.360. The Morgan fingerprint density at radius 1 is 1.25 bits per heavy atom. The molecule has 0 spiro atoms. The third-order valence-corrected chi connectivity index (χ3v) is 4.73. The molecule has 1 fully saturated rings. The predicted molar refractivity (Wildman–Crippen MR) is 90.4 cm³/mol. The molecular weight excluding hydrogens is 314 g/mol. The quantitative estimate of drug-likeness (QED) is 0.915. The molecule has 1 unspecified atom stereocenters. The van der Waals surface area contributed by atoms with Gasteiger partial charge >= 0.3 is 0 Å². The Labute approximate surface area is 131 Å². The summed E-state index contributed by atoms with van der Waals surface area (Å²) in [4.78, 5) is 4.89. The first-order valence-corrected chi connectivity index (χ1v) is 8.37. The lowest BCUT2D eigenvalue weighted by Crippen LogP contribution is -2.29. The van der Waals surface area contributed by atoms with Crippen molar-refractivity contribution in [3.63, 3.8) is 0 Å². The van der Waals surface area contributed by atoms with Gasteiger partial charge in [0, 0.05) is 30.1 Å². The Bertz CT molecular complexity index is 436. The molecule has 1 aromatic rings. The summed E-state index contributed by atoms with van der Waals surface area (Å²) < 4.78 is 1.20. The normalized spacial score (nSPS) is 18.9. The van der Waals surface area contributed by atoms with Gasteiger partial charge in [0.1, 0.15) is 0 Å². The molecule has 4 heteroatoms. The van der Waals surface area contributed by atoms with Crippen LogP contribution in [0.25, 0.3) is 0 Å². The number of rotatable bonds is 4. The molecule has 3 nitrogen and oxygen atoms in total. The van der Waals surface area contributed by atoms with Gasteiger partial charge in [-0.05, 0) is 66.5 Å². The Hall–Kier alpha value is -0.580. The van der Waals surface area contributed by atoms with Crippen molar-refractivity contribution >= 4 is 21.6 Å². The van der Waals surface area contributed by atoms with Gasteiger partial charge in [-0.15, -0.1) is 0 Å². The minimum absolute atomic E-state index is 0.264. The number of anilines is 1. The number of halogens is 1. The van der Waals surface area contributed by atoms with E-state index in [1.54, 1.807) is 0 Å². The van der Waals surface area contributed by atoms with Crippen LogP contribution in [0.5, 0.6) is 0 Å². The molecule has 0 aliphatic carbocycles. The number of likely N-dealkylation sites (N-methyl/N-ethyl adjacent to an activating group) is 1. The van der Waals surface area contributed by atoms with E-state index in [-0.39, 0.29) is 6.04 Å². The fourth-order valence-corrected chi connectivity index (χ4v) is 3.35. The van der Waals surface area contributed by atoms with Gasteiger partial charge in [0.2, 0.25) is 0 Å². The van der Waals surface area contributed by atoms with E-state index in [1.807, 2.05) is 0 Å². The van der Waals surface area contributed by atoms with Crippen molar-refractivity contribution in [2.45, 2.75) is 32.2 Å². The molecule has 1 saturated heterocycles. The first-order chi connectivity index (χ1) is 9.60. The fourth-order valence-electron chi connectivity index (χ4n) is 2.67. The number of benzene rings is 1. The molecule has 1 aliphatic heterocycles. The van der Waals surface area contributed by atoms with Crippen LogP contribution in [0.15, 0.2) is 22.7 Å². The third-order valence-electron chi connectivity index (χ3n) is 4.09. The average molecular weight is 340 g/mol. The Morgan fingerprint density at radius 3 is 2.75 bits per heavy atom. The largest absolute Gasteiger partial charge is 0.369 e. The summed E-state index contributed by atoms with van der Waals surface area (Å²) in [6, 6.07) is 6.97. The maximum atomic E-state index is 6.04. The van der Waals surface area contributed by atoms with Gasteiger partial charge in [-0.25, -0.2) is 0 Å². The fraction of sp³-hybridized carbons (Fsp3) is 0.625. The molecular formula is C16H26BrN3. The highest BCUT2D eigenvalue weighted by Crippen LogP contribution is 2.28. The van der Waals surface area contributed by atoms with Gasteiger partial charge in [0.15, 0.2) is 0 Å². The van der Waals surface area contributed by atoms with Crippen molar-refractivity contribution in [1.29, 1.82) is 0 Å². The maximum Gasteiger partial charge on any atom is 0.0511 e. The number of hydrogen-bond donors (Lipinski definition) is 1. The van der Waals surface area contributed by atoms with Gasteiger partial charge in [-0.1, -0.05) is 13.0 Å². The van der Waals surface area contributed by atoms with Crippen molar-refractivity contribution < 1.29 is 0 Å². The van der Waals surface area contributed by atoms with E-state index in [2.05, 4.69) is 57.9 Å². The molecule has 1 aliphatic rings. The number of hydrogen-bond acceptors (Lipinski definition) is 3. The number of nitrogens with two attached hydrogens (primary N) is 1. The summed E-state index contributed by atoms with van der Waals surface area (Å²) in [5.41, 5.74) is 8.68. The van der Waals surface area contributed by atoms with Crippen molar-refractivity contribution in [3.8, 4) is 0 Å². The summed E-state index contributed by atoms with van der Waals surface area (Å²) in [6.07, 6.45) is 3.21. The SMILES string of the molecule is CCC(N)Cc1ccc(N2CCCN(C)CC2)c(Br)c1. The first-order valence-electron chi connectivity index (χ1n) is 7.57. The summed E-state index contributed by atoms with van der Waals surface area (Å²) in [5, 5.41) is 0. The molecule has 2 N–H and O–H groups in total. The minimum atomic E-state index is 0.264. The molecule has 0 aromatic heterocycles. The van der Waals surface area contributed by atoms with Crippen LogP contribution >= 0.6 is 15.9 Å². The highest BCUT2D eigenvalue weighted by molar-refractivity contribution is 9.10. The lowest BCUT2D eigenvalue weighted by atomic mass is 10.0. The van der Waals surface area contributed by atoms with Crippen LogP contribution in [0.3, 0.4) is 0 Å². The van der Waals surface area contributed by atoms with E-state index in [9.17, 15) is 0 Å². The second-order valence-electron chi connectivity index (χ2n) is 5.80. The molecule has 1 aromatic carbocycles.